The first-order valence-corrected chi connectivity index (χ1v) is 11.7. The Kier molecular flexibility index (Phi) is 6.80. The molecule has 0 fully saturated rings. The van der Waals surface area contributed by atoms with Gasteiger partial charge in [0.05, 0.1) is 17.6 Å². The summed E-state index contributed by atoms with van der Waals surface area (Å²) in [6, 6.07) is 11.7. The van der Waals surface area contributed by atoms with Crippen LogP contribution in [0.5, 0.6) is 5.75 Å². The fraction of sp³-hybridized carbons (Fsp3) is 0.190. The molecular formula is C21H19ClFNO4S2. The Hall–Kier alpha value is -2.42. The molecule has 2 aromatic carbocycles. The number of benzene rings is 2. The zero-order valence-corrected chi connectivity index (χ0v) is 18.6. The maximum absolute atomic E-state index is 13.6. The highest BCUT2D eigenvalue weighted by Crippen LogP contribution is 2.32. The highest BCUT2D eigenvalue weighted by molar-refractivity contribution is 7.91. The number of carbonyl (C=O) groups excluding carboxylic acids is 1. The van der Waals surface area contributed by atoms with Gasteiger partial charge >= 0.3 is 0 Å². The fourth-order valence-corrected chi connectivity index (χ4v) is 5.97. The number of ether oxygens (including phenoxy) is 1. The molecule has 0 aliphatic rings. The number of rotatable bonds is 7. The summed E-state index contributed by atoms with van der Waals surface area (Å²) in [5.74, 6) is -0.675. The summed E-state index contributed by atoms with van der Waals surface area (Å²) in [7, 11) is -2.47. The van der Waals surface area contributed by atoms with Crippen molar-refractivity contribution in [2.24, 2.45) is 0 Å². The molecule has 1 unspecified atom stereocenters. The lowest BCUT2D eigenvalue weighted by molar-refractivity contribution is 0.0950. The van der Waals surface area contributed by atoms with Crippen LogP contribution in [0.15, 0.2) is 58.8 Å². The molecular weight excluding hydrogens is 449 g/mol. The summed E-state index contributed by atoms with van der Waals surface area (Å²) in [6.45, 7) is 1.33. The van der Waals surface area contributed by atoms with E-state index in [9.17, 15) is 17.6 Å². The summed E-state index contributed by atoms with van der Waals surface area (Å²) >= 11 is 7.25. The number of thiophene rings is 1. The third-order valence-corrected chi connectivity index (χ3v) is 8.00. The number of sulfone groups is 1. The lowest BCUT2D eigenvalue weighted by Crippen LogP contribution is -2.32. The second-order valence-electron chi connectivity index (χ2n) is 6.51. The summed E-state index contributed by atoms with van der Waals surface area (Å²) in [5.41, 5.74) is 0.429. The van der Waals surface area contributed by atoms with Gasteiger partial charge in [-0.3, -0.25) is 4.79 Å². The second-order valence-corrected chi connectivity index (χ2v) is 10.1. The molecule has 9 heteroatoms. The van der Waals surface area contributed by atoms with Gasteiger partial charge < -0.3 is 10.1 Å². The Bertz CT molecular complexity index is 1160. The molecule has 0 aliphatic carbocycles. The minimum atomic E-state index is -3.89. The summed E-state index contributed by atoms with van der Waals surface area (Å²) in [4.78, 5) is 13.3. The van der Waals surface area contributed by atoms with E-state index in [4.69, 9.17) is 16.3 Å². The molecule has 1 aromatic heterocycles. The van der Waals surface area contributed by atoms with E-state index in [1.165, 1.54) is 43.6 Å². The van der Waals surface area contributed by atoms with Gasteiger partial charge in [-0.25, -0.2) is 12.8 Å². The smallest absolute Gasteiger partial charge is 0.255 e. The van der Waals surface area contributed by atoms with Gasteiger partial charge in [-0.05, 0) is 60.3 Å². The Morgan fingerprint density at radius 1 is 1.23 bits per heavy atom. The highest BCUT2D eigenvalue weighted by atomic mass is 35.5. The fourth-order valence-electron chi connectivity index (χ4n) is 2.93. The van der Waals surface area contributed by atoms with E-state index in [0.29, 0.717) is 15.6 Å². The van der Waals surface area contributed by atoms with Gasteiger partial charge in [0.15, 0.2) is 9.84 Å². The Balaban J connectivity index is 1.92. The van der Waals surface area contributed by atoms with E-state index in [-0.39, 0.29) is 22.6 Å². The Morgan fingerprint density at radius 2 is 2.00 bits per heavy atom. The molecule has 1 atom stereocenters. The van der Waals surface area contributed by atoms with Crippen molar-refractivity contribution in [1.82, 2.24) is 5.32 Å². The van der Waals surface area contributed by atoms with Crippen molar-refractivity contribution in [3.05, 3.63) is 80.8 Å². The first-order valence-electron chi connectivity index (χ1n) is 8.89. The summed E-state index contributed by atoms with van der Waals surface area (Å²) < 4.78 is 45.4. The topological polar surface area (TPSA) is 72.5 Å². The normalized spacial score (nSPS) is 12.4. The van der Waals surface area contributed by atoms with Gasteiger partial charge in [0.1, 0.15) is 16.8 Å². The molecule has 3 aromatic rings. The van der Waals surface area contributed by atoms with E-state index in [1.807, 2.05) is 0 Å². The Labute approximate surface area is 183 Å². The van der Waals surface area contributed by atoms with E-state index >= 15 is 0 Å². The van der Waals surface area contributed by atoms with Crippen LogP contribution in [0.2, 0.25) is 5.02 Å². The molecule has 5 nitrogen and oxygen atoms in total. The molecule has 0 saturated heterocycles. The van der Waals surface area contributed by atoms with Crippen LogP contribution in [0, 0.1) is 12.7 Å². The van der Waals surface area contributed by atoms with Crippen LogP contribution in [-0.4, -0.2) is 28.0 Å². The molecule has 1 N–H and O–H groups in total. The summed E-state index contributed by atoms with van der Waals surface area (Å²) in [6.07, 6.45) is 0. The lowest BCUT2D eigenvalue weighted by Gasteiger charge is -2.18. The third-order valence-electron chi connectivity index (χ3n) is 4.55. The van der Waals surface area contributed by atoms with Crippen molar-refractivity contribution in [3.63, 3.8) is 0 Å². The number of aryl methyl sites for hydroxylation is 1. The molecule has 0 spiro atoms. The van der Waals surface area contributed by atoms with Crippen LogP contribution < -0.4 is 10.1 Å². The zero-order valence-electron chi connectivity index (χ0n) is 16.2. The first-order chi connectivity index (χ1) is 14.2. The van der Waals surface area contributed by atoms with Crippen LogP contribution in [-0.2, 0) is 9.84 Å². The van der Waals surface area contributed by atoms with Crippen molar-refractivity contribution in [2.75, 3.05) is 13.7 Å². The van der Waals surface area contributed by atoms with E-state index < -0.39 is 26.8 Å². The molecule has 0 radical (unpaired) electrons. The lowest BCUT2D eigenvalue weighted by atomic mass is 10.2. The molecule has 158 valence electrons. The largest absolute Gasteiger partial charge is 0.496 e. The maximum atomic E-state index is 13.6. The predicted octanol–water partition coefficient (Wildman–Crippen LogP) is 4.80. The van der Waals surface area contributed by atoms with Crippen LogP contribution >= 0.6 is 22.9 Å². The third kappa shape index (κ3) is 4.66. The predicted molar refractivity (Wildman–Crippen MR) is 116 cm³/mol. The van der Waals surface area contributed by atoms with E-state index in [0.717, 1.165) is 6.07 Å². The number of amides is 1. The number of nitrogens with one attached hydrogen (secondary N) is 1. The van der Waals surface area contributed by atoms with Crippen LogP contribution in [0.3, 0.4) is 0 Å². The van der Waals surface area contributed by atoms with E-state index in [1.54, 1.807) is 29.6 Å². The monoisotopic (exact) mass is 467 g/mol. The quantitative estimate of drug-likeness (QED) is 0.506. The average molecular weight is 468 g/mol. The minimum absolute atomic E-state index is 0.00520. The van der Waals surface area contributed by atoms with Gasteiger partial charge in [-0.2, -0.15) is 0 Å². The Morgan fingerprint density at radius 3 is 2.63 bits per heavy atom. The van der Waals surface area contributed by atoms with Crippen molar-refractivity contribution < 1.29 is 22.3 Å². The van der Waals surface area contributed by atoms with Crippen LogP contribution in [0.4, 0.5) is 4.39 Å². The number of carbonyl (C=O) groups is 1. The van der Waals surface area contributed by atoms with Gasteiger partial charge in [0.2, 0.25) is 0 Å². The number of hydrogen-bond acceptors (Lipinski definition) is 5. The molecule has 1 amide bonds. The average Bonchev–Trinajstić information content (AvgIpc) is 3.24. The van der Waals surface area contributed by atoms with Gasteiger partial charge in [0.25, 0.3) is 5.91 Å². The van der Waals surface area contributed by atoms with Crippen molar-refractivity contribution in [2.45, 2.75) is 17.1 Å². The molecule has 3 rings (SSSR count). The molecule has 0 saturated carbocycles. The molecule has 30 heavy (non-hydrogen) atoms. The van der Waals surface area contributed by atoms with Crippen LogP contribution in [0.1, 0.15) is 26.0 Å². The van der Waals surface area contributed by atoms with Gasteiger partial charge in [-0.15, -0.1) is 11.3 Å². The maximum Gasteiger partial charge on any atom is 0.255 e. The van der Waals surface area contributed by atoms with Gasteiger partial charge in [-0.1, -0.05) is 17.7 Å². The zero-order chi connectivity index (χ0) is 21.9. The van der Waals surface area contributed by atoms with Crippen molar-refractivity contribution >= 4 is 38.7 Å². The van der Waals surface area contributed by atoms with Crippen molar-refractivity contribution in [1.29, 1.82) is 0 Å². The van der Waals surface area contributed by atoms with Crippen molar-refractivity contribution in [3.8, 4) is 5.75 Å². The second kappa shape index (κ2) is 9.16. The van der Waals surface area contributed by atoms with Crippen LogP contribution in [0.25, 0.3) is 0 Å². The standard InChI is InChI=1S/C21H19ClFNO4S2/c1-13-10-15(6-7-17(13)23)30(26,27)20(19-4-3-9-29-19)12-24-21(25)16-11-14(22)5-8-18(16)28-2/h3-11,20H,12H2,1-2H3,(H,24,25). The SMILES string of the molecule is COc1ccc(Cl)cc1C(=O)NCC(c1cccs1)S(=O)(=O)c1ccc(F)c(C)c1. The first kappa shape index (κ1) is 22.3. The minimum Gasteiger partial charge on any atom is -0.496 e. The van der Waals surface area contributed by atoms with Gasteiger partial charge in [0, 0.05) is 16.4 Å². The molecule has 0 bridgehead atoms. The number of methoxy groups -OCH3 is 1. The molecule has 0 aliphatic heterocycles. The molecule has 1 heterocycles. The number of halogens is 2. The highest BCUT2D eigenvalue weighted by Gasteiger charge is 2.31. The summed E-state index contributed by atoms with van der Waals surface area (Å²) in [5, 5.41) is 3.75. The number of hydrogen-bond donors (Lipinski definition) is 1. The van der Waals surface area contributed by atoms with E-state index in [2.05, 4.69) is 5.32 Å².